The van der Waals surface area contributed by atoms with Crippen LogP contribution < -0.4 is 0 Å². The molecule has 0 radical (unpaired) electrons. The molecule has 1 N–H and O–H groups in total. The van der Waals surface area contributed by atoms with Crippen LogP contribution in [0.3, 0.4) is 0 Å². The molecule has 3 unspecified atom stereocenters. The zero-order valence-corrected chi connectivity index (χ0v) is 10.5. The molecule has 3 heteroatoms. The summed E-state index contributed by atoms with van der Waals surface area (Å²) >= 11 is 0. The smallest absolute Gasteiger partial charge is 0.308 e. The molecule has 3 atom stereocenters. The van der Waals surface area contributed by atoms with Crippen molar-refractivity contribution in [2.24, 2.45) is 5.92 Å². The molecule has 2 fully saturated rings. The van der Waals surface area contributed by atoms with Gasteiger partial charge in [0, 0.05) is 12.1 Å². The molecule has 2 rings (SSSR count). The molecule has 2 saturated heterocycles. The van der Waals surface area contributed by atoms with Crippen LogP contribution in [0.2, 0.25) is 0 Å². The van der Waals surface area contributed by atoms with E-state index >= 15 is 0 Å². The predicted molar refractivity (Wildman–Crippen MR) is 67.9 cm³/mol. The first-order chi connectivity index (χ1) is 8.24. The second-order valence-electron chi connectivity index (χ2n) is 5.35. The number of fused-ring (bicyclic) bond motifs is 2. The Morgan fingerprint density at radius 2 is 2.18 bits per heavy atom. The highest BCUT2D eigenvalue weighted by atomic mass is 16.4. The van der Waals surface area contributed by atoms with Crippen molar-refractivity contribution in [3.8, 4) is 0 Å². The molecule has 0 aromatic carbocycles. The molecule has 0 amide bonds. The third-order valence-electron chi connectivity index (χ3n) is 4.32. The standard InChI is InChI=1S/C14H23NO2/c1-2-3-4-5-6-9-15-11-7-8-13(15)12(10-11)14(16)17/h2,11-13H,1,3-10H2,(H,16,17). The fraction of sp³-hybridized carbons (Fsp3) is 0.786. The first-order valence-corrected chi connectivity index (χ1v) is 6.83. The lowest BCUT2D eigenvalue weighted by molar-refractivity contribution is -0.142. The van der Waals surface area contributed by atoms with Crippen LogP contribution >= 0.6 is 0 Å². The molecule has 2 aliphatic rings. The Labute approximate surface area is 103 Å². The molecule has 17 heavy (non-hydrogen) atoms. The quantitative estimate of drug-likeness (QED) is 0.546. The van der Waals surface area contributed by atoms with Gasteiger partial charge >= 0.3 is 5.97 Å². The first-order valence-electron chi connectivity index (χ1n) is 6.83. The number of carboxylic acid groups (broad SMARTS) is 1. The van der Waals surface area contributed by atoms with Gasteiger partial charge < -0.3 is 5.11 Å². The highest BCUT2D eigenvalue weighted by Gasteiger charge is 2.48. The molecule has 2 bridgehead atoms. The number of rotatable bonds is 7. The molecule has 3 nitrogen and oxygen atoms in total. The average molecular weight is 237 g/mol. The maximum Gasteiger partial charge on any atom is 0.308 e. The van der Waals surface area contributed by atoms with Gasteiger partial charge in [-0.1, -0.05) is 12.5 Å². The summed E-state index contributed by atoms with van der Waals surface area (Å²) in [6.07, 6.45) is 9.91. The van der Waals surface area contributed by atoms with E-state index in [2.05, 4.69) is 11.5 Å². The summed E-state index contributed by atoms with van der Waals surface area (Å²) in [6, 6.07) is 0.886. The maximum absolute atomic E-state index is 11.1. The van der Waals surface area contributed by atoms with Crippen molar-refractivity contribution in [3.63, 3.8) is 0 Å². The van der Waals surface area contributed by atoms with E-state index in [0.29, 0.717) is 12.1 Å². The molecule has 0 aromatic rings. The van der Waals surface area contributed by atoms with E-state index in [4.69, 9.17) is 5.11 Å². The van der Waals surface area contributed by atoms with Crippen LogP contribution in [0.25, 0.3) is 0 Å². The highest BCUT2D eigenvalue weighted by molar-refractivity contribution is 5.71. The van der Waals surface area contributed by atoms with E-state index in [1.807, 2.05) is 6.08 Å². The minimum atomic E-state index is -0.589. The Balaban J connectivity index is 1.75. The molecule has 96 valence electrons. The Hall–Kier alpha value is -0.830. The number of carboxylic acids is 1. The minimum absolute atomic E-state index is 0.0954. The van der Waals surface area contributed by atoms with Gasteiger partial charge in [-0.2, -0.15) is 0 Å². The van der Waals surface area contributed by atoms with Crippen LogP contribution in [0.4, 0.5) is 0 Å². The van der Waals surface area contributed by atoms with E-state index in [1.54, 1.807) is 0 Å². The van der Waals surface area contributed by atoms with Crippen molar-refractivity contribution in [1.82, 2.24) is 4.90 Å². The summed E-state index contributed by atoms with van der Waals surface area (Å²) < 4.78 is 0. The second-order valence-corrected chi connectivity index (χ2v) is 5.35. The van der Waals surface area contributed by atoms with Gasteiger partial charge in [0.05, 0.1) is 5.92 Å². The molecular weight excluding hydrogens is 214 g/mol. The van der Waals surface area contributed by atoms with Gasteiger partial charge in [0.25, 0.3) is 0 Å². The summed E-state index contributed by atoms with van der Waals surface area (Å²) in [5.74, 6) is -0.684. The minimum Gasteiger partial charge on any atom is -0.481 e. The van der Waals surface area contributed by atoms with Crippen LogP contribution in [0, 0.1) is 5.92 Å². The summed E-state index contributed by atoms with van der Waals surface area (Å²) in [7, 11) is 0. The van der Waals surface area contributed by atoms with Crippen molar-refractivity contribution < 1.29 is 9.90 Å². The third kappa shape index (κ3) is 2.71. The van der Waals surface area contributed by atoms with E-state index in [-0.39, 0.29) is 5.92 Å². The van der Waals surface area contributed by atoms with Crippen molar-refractivity contribution in [3.05, 3.63) is 12.7 Å². The van der Waals surface area contributed by atoms with Gasteiger partial charge in [0.2, 0.25) is 0 Å². The number of nitrogens with zero attached hydrogens (tertiary/aromatic N) is 1. The lowest BCUT2D eigenvalue weighted by Crippen LogP contribution is -2.33. The SMILES string of the molecule is C=CCCCCCN1C2CCC1C(C(=O)O)C2. The van der Waals surface area contributed by atoms with Crippen LogP contribution in [0.5, 0.6) is 0 Å². The van der Waals surface area contributed by atoms with Gasteiger partial charge in [-0.25, -0.2) is 0 Å². The largest absolute Gasteiger partial charge is 0.481 e. The molecule has 0 saturated carbocycles. The van der Waals surface area contributed by atoms with Gasteiger partial charge in [0.15, 0.2) is 0 Å². The molecule has 0 aromatic heterocycles. The topological polar surface area (TPSA) is 40.5 Å². The molecule has 2 heterocycles. The summed E-state index contributed by atoms with van der Waals surface area (Å²) in [6.45, 7) is 4.82. The normalized spacial score (nSPS) is 31.9. The van der Waals surface area contributed by atoms with Crippen molar-refractivity contribution in [1.29, 1.82) is 0 Å². The van der Waals surface area contributed by atoms with E-state index in [1.165, 1.54) is 25.7 Å². The summed E-state index contributed by atoms with van der Waals surface area (Å²) in [5, 5.41) is 9.16. The lowest BCUT2D eigenvalue weighted by atomic mass is 9.89. The number of aliphatic carboxylic acids is 1. The molecular formula is C14H23NO2. The Bertz CT molecular complexity index is 290. The third-order valence-corrected chi connectivity index (χ3v) is 4.32. The average Bonchev–Trinajstić information content (AvgIpc) is 2.86. The van der Waals surface area contributed by atoms with Crippen LogP contribution in [-0.2, 0) is 4.79 Å². The van der Waals surface area contributed by atoms with Crippen molar-refractivity contribution >= 4 is 5.97 Å². The van der Waals surface area contributed by atoms with Gasteiger partial charge in [-0.15, -0.1) is 6.58 Å². The highest BCUT2D eigenvalue weighted by Crippen LogP contribution is 2.41. The number of unbranched alkanes of at least 4 members (excludes halogenated alkanes) is 3. The zero-order chi connectivity index (χ0) is 12.3. The van der Waals surface area contributed by atoms with E-state index in [9.17, 15) is 4.79 Å². The van der Waals surface area contributed by atoms with E-state index < -0.39 is 5.97 Å². The van der Waals surface area contributed by atoms with Gasteiger partial charge in [0.1, 0.15) is 0 Å². The number of carbonyl (C=O) groups is 1. The maximum atomic E-state index is 11.1. The summed E-state index contributed by atoms with van der Waals surface area (Å²) in [5.41, 5.74) is 0. The van der Waals surface area contributed by atoms with Crippen molar-refractivity contribution in [2.45, 2.75) is 57.0 Å². The fourth-order valence-electron chi connectivity index (χ4n) is 3.47. The van der Waals surface area contributed by atoms with Crippen LogP contribution in [0.1, 0.15) is 44.9 Å². The van der Waals surface area contributed by atoms with Crippen molar-refractivity contribution in [2.75, 3.05) is 6.54 Å². The molecule has 0 spiro atoms. The van der Waals surface area contributed by atoms with Gasteiger partial charge in [-0.05, 0) is 45.1 Å². The second kappa shape index (κ2) is 5.67. The Morgan fingerprint density at radius 1 is 1.35 bits per heavy atom. The predicted octanol–water partition coefficient (Wildman–Crippen LogP) is 2.67. The fourth-order valence-corrected chi connectivity index (χ4v) is 3.47. The number of allylic oxidation sites excluding steroid dienone is 1. The monoisotopic (exact) mass is 237 g/mol. The molecule has 2 aliphatic heterocycles. The van der Waals surface area contributed by atoms with E-state index in [0.717, 1.165) is 25.8 Å². The zero-order valence-electron chi connectivity index (χ0n) is 10.5. The first kappa shape index (κ1) is 12.6. The Kier molecular flexibility index (Phi) is 4.21. The summed E-state index contributed by atoms with van der Waals surface area (Å²) in [4.78, 5) is 13.6. The lowest BCUT2D eigenvalue weighted by Gasteiger charge is -2.22. The number of hydrogen-bond acceptors (Lipinski definition) is 2. The Morgan fingerprint density at radius 3 is 2.82 bits per heavy atom. The molecule has 0 aliphatic carbocycles. The van der Waals surface area contributed by atoms with Crippen LogP contribution in [0.15, 0.2) is 12.7 Å². The van der Waals surface area contributed by atoms with Gasteiger partial charge in [-0.3, -0.25) is 9.69 Å². The van der Waals surface area contributed by atoms with Crippen LogP contribution in [-0.4, -0.2) is 34.6 Å². The number of hydrogen-bond donors (Lipinski definition) is 1.